The number of phenolic OH excluding ortho intramolecular Hbond substituents is 2. The van der Waals surface area contributed by atoms with E-state index < -0.39 is 17.4 Å². The zero-order valence-electron chi connectivity index (χ0n) is 13.8. The van der Waals surface area contributed by atoms with Crippen LogP contribution in [-0.2, 0) is 6.54 Å². The summed E-state index contributed by atoms with van der Waals surface area (Å²) in [7, 11) is 0. The van der Waals surface area contributed by atoms with Crippen LogP contribution in [0.15, 0.2) is 34.1 Å². The van der Waals surface area contributed by atoms with Gasteiger partial charge in [0.25, 0.3) is 5.56 Å². The average molecular weight is 361 g/mol. The molecular formula is C16H19N5O5. The second-order valence-corrected chi connectivity index (χ2v) is 5.87. The Morgan fingerprint density at radius 1 is 1.19 bits per heavy atom. The van der Waals surface area contributed by atoms with Gasteiger partial charge in [-0.1, -0.05) is 6.07 Å². The van der Waals surface area contributed by atoms with Gasteiger partial charge in [0, 0.05) is 13.1 Å². The minimum Gasteiger partial charge on any atom is -0.504 e. The molecule has 0 spiro atoms. The van der Waals surface area contributed by atoms with Crippen molar-refractivity contribution >= 4 is 11.2 Å². The SMILES string of the molecule is O=c1[nH]c(=O)c2c(ncn2CCCNCC(O)c2ccc(O)c(O)c2)[nH]1. The fraction of sp³-hybridized carbons (Fsp3) is 0.312. The fourth-order valence-corrected chi connectivity index (χ4v) is 2.66. The molecule has 0 amide bonds. The summed E-state index contributed by atoms with van der Waals surface area (Å²) in [6, 6.07) is 4.17. The lowest BCUT2D eigenvalue weighted by atomic mass is 10.1. The van der Waals surface area contributed by atoms with Gasteiger partial charge in [0.2, 0.25) is 0 Å². The number of aromatic amines is 2. The maximum absolute atomic E-state index is 11.8. The molecule has 0 saturated heterocycles. The summed E-state index contributed by atoms with van der Waals surface area (Å²) in [5, 5.41) is 31.9. The topological polar surface area (TPSA) is 156 Å². The third-order valence-electron chi connectivity index (χ3n) is 3.99. The van der Waals surface area contributed by atoms with E-state index in [-0.39, 0.29) is 23.7 Å². The third-order valence-corrected chi connectivity index (χ3v) is 3.99. The van der Waals surface area contributed by atoms with Crippen LogP contribution in [0.25, 0.3) is 11.2 Å². The first-order chi connectivity index (χ1) is 12.5. The van der Waals surface area contributed by atoms with Crippen LogP contribution in [-0.4, -0.2) is 47.9 Å². The predicted octanol–water partition coefficient (Wildman–Crippen LogP) is -0.463. The highest BCUT2D eigenvalue weighted by molar-refractivity contribution is 5.68. The molecule has 0 aliphatic heterocycles. The van der Waals surface area contributed by atoms with Crippen LogP contribution in [0.3, 0.4) is 0 Å². The molecule has 0 aliphatic rings. The third kappa shape index (κ3) is 3.76. The van der Waals surface area contributed by atoms with Crippen molar-refractivity contribution in [1.29, 1.82) is 0 Å². The molecular weight excluding hydrogens is 342 g/mol. The Bertz CT molecular complexity index is 1020. The molecule has 2 heterocycles. The van der Waals surface area contributed by atoms with Crippen LogP contribution in [0.1, 0.15) is 18.1 Å². The van der Waals surface area contributed by atoms with Crippen LogP contribution in [0.2, 0.25) is 0 Å². The van der Waals surface area contributed by atoms with Gasteiger partial charge in [-0.2, -0.15) is 0 Å². The molecule has 0 radical (unpaired) electrons. The van der Waals surface area contributed by atoms with E-state index in [1.165, 1.54) is 24.5 Å². The number of hydrogen-bond donors (Lipinski definition) is 6. The highest BCUT2D eigenvalue weighted by atomic mass is 16.3. The van der Waals surface area contributed by atoms with Gasteiger partial charge in [0.05, 0.1) is 12.4 Å². The Balaban J connectivity index is 1.51. The van der Waals surface area contributed by atoms with Crippen molar-refractivity contribution in [3.8, 4) is 11.5 Å². The number of rotatable bonds is 7. The number of fused-ring (bicyclic) bond motifs is 1. The van der Waals surface area contributed by atoms with Crippen molar-refractivity contribution in [2.75, 3.05) is 13.1 Å². The standard InChI is InChI=1S/C16H19N5O5/c22-10-3-2-9(6-11(10)23)12(24)7-17-4-1-5-21-8-18-14-13(21)15(25)20-16(26)19-14/h2-3,6,8,12,17,22-24H,1,4-5,7H2,(H2,19,20,25,26). The van der Waals surface area contributed by atoms with Crippen LogP contribution in [0.5, 0.6) is 11.5 Å². The van der Waals surface area contributed by atoms with Crippen molar-refractivity contribution in [2.24, 2.45) is 0 Å². The van der Waals surface area contributed by atoms with Gasteiger partial charge in [-0.05, 0) is 30.7 Å². The zero-order valence-corrected chi connectivity index (χ0v) is 13.8. The quantitative estimate of drug-likeness (QED) is 0.245. The summed E-state index contributed by atoms with van der Waals surface area (Å²) in [6.07, 6.45) is 1.32. The average Bonchev–Trinajstić information content (AvgIpc) is 3.00. The van der Waals surface area contributed by atoms with Crippen LogP contribution >= 0.6 is 0 Å². The summed E-state index contributed by atoms with van der Waals surface area (Å²) in [4.78, 5) is 31.7. The molecule has 0 fully saturated rings. The number of H-pyrrole nitrogens is 2. The lowest BCUT2D eigenvalue weighted by molar-refractivity contribution is 0.174. The number of nitrogens with one attached hydrogen (secondary N) is 3. The first-order valence-electron chi connectivity index (χ1n) is 8.04. The number of imidazole rings is 1. The molecule has 1 atom stereocenters. The van der Waals surface area contributed by atoms with Gasteiger partial charge in [0.15, 0.2) is 22.7 Å². The number of aromatic nitrogens is 4. The molecule has 0 saturated carbocycles. The largest absolute Gasteiger partial charge is 0.504 e. The number of benzene rings is 1. The number of aliphatic hydroxyl groups is 1. The zero-order chi connectivity index (χ0) is 18.7. The maximum Gasteiger partial charge on any atom is 0.327 e. The van der Waals surface area contributed by atoms with E-state index in [0.29, 0.717) is 30.6 Å². The number of hydrogen-bond acceptors (Lipinski definition) is 7. The minimum absolute atomic E-state index is 0.238. The van der Waals surface area contributed by atoms with Crippen molar-refractivity contribution in [3.05, 3.63) is 50.9 Å². The first-order valence-corrected chi connectivity index (χ1v) is 8.04. The van der Waals surface area contributed by atoms with Crippen molar-refractivity contribution in [2.45, 2.75) is 19.1 Å². The Labute approximate surface area is 146 Å². The highest BCUT2D eigenvalue weighted by Gasteiger charge is 2.10. The van der Waals surface area contributed by atoms with E-state index in [1.807, 2.05) is 0 Å². The maximum atomic E-state index is 11.8. The monoisotopic (exact) mass is 361 g/mol. The summed E-state index contributed by atoms with van der Waals surface area (Å²) >= 11 is 0. The fourth-order valence-electron chi connectivity index (χ4n) is 2.66. The van der Waals surface area contributed by atoms with Gasteiger partial charge in [-0.3, -0.25) is 14.8 Å². The van der Waals surface area contributed by atoms with E-state index in [4.69, 9.17) is 0 Å². The highest BCUT2D eigenvalue weighted by Crippen LogP contribution is 2.27. The number of aliphatic hydroxyl groups excluding tert-OH is 1. The molecule has 26 heavy (non-hydrogen) atoms. The van der Waals surface area contributed by atoms with Crippen LogP contribution in [0.4, 0.5) is 0 Å². The predicted molar refractivity (Wildman–Crippen MR) is 93.2 cm³/mol. The number of nitrogens with zero attached hydrogens (tertiary/aromatic N) is 2. The Morgan fingerprint density at radius 2 is 2.00 bits per heavy atom. The van der Waals surface area contributed by atoms with E-state index >= 15 is 0 Å². The second-order valence-electron chi connectivity index (χ2n) is 5.87. The van der Waals surface area contributed by atoms with E-state index in [0.717, 1.165) is 0 Å². The number of aryl methyl sites for hydroxylation is 1. The molecule has 10 nitrogen and oxygen atoms in total. The molecule has 1 unspecified atom stereocenters. The first kappa shape index (κ1) is 17.7. The minimum atomic E-state index is -0.830. The molecule has 3 aromatic rings. The van der Waals surface area contributed by atoms with Gasteiger partial charge < -0.3 is 25.2 Å². The molecule has 3 rings (SSSR count). The van der Waals surface area contributed by atoms with Crippen molar-refractivity contribution in [1.82, 2.24) is 24.8 Å². The molecule has 0 bridgehead atoms. The molecule has 2 aromatic heterocycles. The van der Waals surface area contributed by atoms with Crippen molar-refractivity contribution in [3.63, 3.8) is 0 Å². The van der Waals surface area contributed by atoms with Gasteiger partial charge in [-0.25, -0.2) is 9.78 Å². The number of phenols is 2. The lowest BCUT2D eigenvalue weighted by Crippen LogP contribution is -2.25. The van der Waals surface area contributed by atoms with Gasteiger partial charge >= 0.3 is 5.69 Å². The summed E-state index contributed by atoms with van der Waals surface area (Å²) in [6.45, 7) is 1.35. The van der Waals surface area contributed by atoms with Gasteiger partial charge in [0.1, 0.15) is 0 Å². The molecule has 10 heteroatoms. The van der Waals surface area contributed by atoms with E-state index in [2.05, 4.69) is 20.3 Å². The van der Waals surface area contributed by atoms with Gasteiger partial charge in [-0.15, -0.1) is 0 Å². The Hall–Kier alpha value is -3.11. The Morgan fingerprint density at radius 3 is 2.77 bits per heavy atom. The van der Waals surface area contributed by atoms with Crippen LogP contribution < -0.4 is 16.6 Å². The summed E-state index contributed by atoms with van der Waals surface area (Å²) in [5.74, 6) is -0.519. The van der Waals surface area contributed by atoms with Crippen LogP contribution in [0, 0.1) is 0 Å². The smallest absolute Gasteiger partial charge is 0.327 e. The Kier molecular flexibility index (Phi) is 5.05. The van der Waals surface area contributed by atoms with E-state index in [9.17, 15) is 24.9 Å². The molecule has 1 aromatic carbocycles. The van der Waals surface area contributed by atoms with E-state index in [1.54, 1.807) is 4.57 Å². The lowest BCUT2D eigenvalue weighted by Gasteiger charge is -2.13. The molecule has 6 N–H and O–H groups in total. The normalized spacial score (nSPS) is 12.5. The summed E-state index contributed by atoms with van der Waals surface area (Å²) in [5.41, 5.74) is -0.0391. The van der Waals surface area contributed by atoms with Crippen molar-refractivity contribution < 1.29 is 15.3 Å². The molecule has 0 aliphatic carbocycles. The number of aromatic hydroxyl groups is 2. The summed E-state index contributed by atoms with van der Waals surface area (Å²) < 4.78 is 1.65. The second kappa shape index (κ2) is 7.42. The molecule has 138 valence electrons.